The van der Waals surface area contributed by atoms with Gasteiger partial charge in [-0.1, -0.05) is 26.0 Å². The molecule has 0 radical (unpaired) electrons. The number of aliphatic carboxylic acids is 1. The van der Waals surface area contributed by atoms with E-state index in [0.717, 1.165) is 12.8 Å². The molecule has 1 atom stereocenters. The number of carbonyl (C=O) groups excluding carboxylic acids is 2. The molecule has 0 bridgehead atoms. The second-order valence-electron chi connectivity index (χ2n) is 7.36. The Morgan fingerprint density at radius 2 is 2.08 bits per heavy atom. The van der Waals surface area contributed by atoms with Crippen LogP contribution >= 0.6 is 0 Å². The van der Waals surface area contributed by atoms with Crippen molar-refractivity contribution in [2.75, 3.05) is 13.1 Å². The van der Waals surface area contributed by atoms with Crippen LogP contribution in [0.1, 0.15) is 39.3 Å². The number of carboxylic acid groups (broad SMARTS) is 1. The van der Waals surface area contributed by atoms with Crippen LogP contribution < -0.4 is 5.32 Å². The summed E-state index contributed by atoms with van der Waals surface area (Å²) in [5.74, 6) is -1.32. The standard InChI is InChI=1S/C16H25N5O4/c1-16(2,3)15(25)20-6-4-5-11(8-20)14(24)17-7-12-9-21(19-18-12)10-13(22)23/h9,11H,4-8,10H2,1-3H3,(H,17,24)(H,22,23). The van der Waals surface area contributed by atoms with Gasteiger partial charge in [0.25, 0.3) is 0 Å². The van der Waals surface area contributed by atoms with Crippen LogP contribution in [0.4, 0.5) is 0 Å². The van der Waals surface area contributed by atoms with E-state index in [9.17, 15) is 14.4 Å². The summed E-state index contributed by atoms with van der Waals surface area (Å²) in [4.78, 5) is 37.1. The number of likely N-dealkylation sites (tertiary alicyclic amines) is 1. The number of carbonyl (C=O) groups is 3. The van der Waals surface area contributed by atoms with Crippen molar-refractivity contribution in [3.8, 4) is 0 Å². The fourth-order valence-corrected chi connectivity index (χ4v) is 2.81. The lowest BCUT2D eigenvalue weighted by Crippen LogP contribution is -2.48. The fraction of sp³-hybridized carbons (Fsp3) is 0.688. The molecule has 9 heteroatoms. The normalized spacial score (nSPS) is 18.0. The molecule has 2 rings (SSSR count). The van der Waals surface area contributed by atoms with E-state index in [-0.39, 0.29) is 30.8 Å². The zero-order valence-corrected chi connectivity index (χ0v) is 14.9. The third-order valence-electron chi connectivity index (χ3n) is 4.05. The van der Waals surface area contributed by atoms with Gasteiger partial charge in [0, 0.05) is 18.5 Å². The van der Waals surface area contributed by atoms with Crippen LogP contribution in [0.5, 0.6) is 0 Å². The van der Waals surface area contributed by atoms with Gasteiger partial charge in [-0.3, -0.25) is 14.4 Å². The molecule has 138 valence electrons. The Balaban J connectivity index is 1.87. The van der Waals surface area contributed by atoms with E-state index < -0.39 is 11.4 Å². The molecule has 1 aliphatic rings. The summed E-state index contributed by atoms with van der Waals surface area (Å²) in [6.45, 7) is 6.64. The van der Waals surface area contributed by atoms with Crippen molar-refractivity contribution in [3.05, 3.63) is 11.9 Å². The van der Waals surface area contributed by atoms with Gasteiger partial charge >= 0.3 is 5.97 Å². The lowest BCUT2D eigenvalue weighted by atomic mass is 9.91. The monoisotopic (exact) mass is 351 g/mol. The molecule has 0 saturated carbocycles. The zero-order valence-electron chi connectivity index (χ0n) is 14.9. The van der Waals surface area contributed by atoms with Gasteiger partial charge in [0.15, 0.2) is 0 Å². The number of nitrogens with zero attached hydrogens (tertiary/aromatic N) is 4. The maximum absolute atomic E-state index is 12.4. The minimum atomic E-state index is -1.01. The molecule has 1 saturated heterocycles. The molecule has 1 unspecified atom stereocenters. The molecule has 1 aliphatic heterocycles. The van der Waals surface area contributed by atoms with E-state index in [1.165, 1.54) is 10.9 Å². The van der Waals surface area contributed by atoms with Gasteiger partial charge in [-0.15, -0.1) is 5.10 Å². The maximum Gasteiger partial charge on any atom is 0.325 e. The first-order chi connectivity index (χ1) is 11.7. The van der Waals surface area contributed by atoms with Crippen molar-refractivity contribution in [3.63, 3.8) is 0 Å². The van der Waals surface area contributed by atoms with E-state index in [4.69, 9.17) is 5.11 Å². The number of amides is 2. The highest BCUT2D eigenvalue weighted by molar-refractivity contribution is 5.83. The van der Waals surface area contributed by atoms with Crippen molar-refractivity contribution in [2.24, 2.45) is 11.3 Å². The molecule has 2 N–H and O–H groups in total. The summed E-state index contributed by atoms with van der Waals surface area (Å²) in [6.07, 6.45) is 3.03. The second-order valence-corrected chi connectivity index (χ2v) is 7.36. The molecule has 0 spiro atoms. The lowest BCUT2D eigenvalue weighted by molar-refractivity contribution is -0.143. The van der Waals surface area contributed by atoms with Crippen LogP contribution in [0.15, 0.2) is 6.20 Å². The molecule has 0 aromatic carbocycles. The second kappa shape index (κ2) is 7.62. The molecule has 2 amide bonds. The van der Waals surface area contributed by atoms with Gasteiger partial charge in [0.2, 0.25) is 11.8 Å². The molecule has 1 aromatic heterocycles. The number of aromatic nitrogens is 3. The van der Waals surface area contributed by atoms with E-state index in [0.29, 0.717) is 18.8 Å². The Morgan fingerprint density at radius 1 is 1.36 bits per heavy atom. The summed E-state index contributed by atoms with van der Waals surface area (Å²) in [5.41, 5.74) is 0.0362. The van der Waals surface area contributed by atoms with Gasteiger partial charge in [0.05, 0.1) is 18.7 Å². The van der Waals surface area contributed by atoms with Crippen molar-refractivity contribution in [2.45, 2.75) is 46.7 Å². The molecule has 2 heterocycles. The minimum Gasteiger partial charge on any atom is -0.480 e. The van der Waals surface area contributed by atoms with E-state index in [1.807, 2.05) is 20.8 Å². The Morgan fingerprint density at radius 3 is 2.72 bits per heavy atom. The van der Waals surface area contributed by atoms with Crippen LogP contribution in [-0.4, -0.2) is 55.9 Å². The summed E-state index contributed by atoms with van der Waals surface area (Å²) in [6, 6.07) is 0. The number of nitrogens with one attached hydrogen (secondary N) is 1. The number of rotatable bonds is 5. The van der Waals surface area contributed by atoms with Crippen LogP contribution in [0.3, 0.4) is 0 Å². The smallest absolute Gasteiger partial charge is 0.325 e. The molecule has 9 nitrogen and oxygen atoms in total. The van der Waals surface area contributed by atoms with E-state index in [1.54, 1.807) is 4.90 Å². The van der Waals surface area contributed by atoms with Crippen molar-refractivity contribution >= 4 is 17.8 Å². The number of hydrogen-bond donors (Lipinski definition) is 2. The Labute approximate surface area is 146 Å². The van der Waals surface area contributed by atoms with Crippen LogP contribution in [0.2, 0.25) is 0 Å². The summed E-state index contributed by atoms with van der Waals surface area (Å²) in [5, 5.41) is 19.0. The first-order valence-corrected chi connectivity index (χ1v) is 8.34. The molecular weight excluding hydrogens is 326 g/mol. The van der Waals surface area contributed by atoms with Gasteiger partial charge < -0.3 is 15.3 Å². The predicted molar refractivity (Wildman–Crippen MR) is 88.3 cm³/mol. The van der Waals surface area contributed by atoms with E-state index >= 15 is 0 Å². The first-order valence-electron chi connectivity index (χ1n) is 8.34. The average Bonchev–Trinajstić information content (AvgIpc) is 2.97. The Hall–Kier alpha value is -2.45. The van der Waals surface area contributed by atoms with Gasteiger partial charge in [0.1, 0.15) is 12.2 Å². The zero-order chi connectivity index (χ0) is 18.6. The van der Waals surface area contributed by atoms with Crippen LogP contribution in [0.25, 0.3) is 0 Å². The number of carboxylic acids is 1. The maximum atomic E-state index is 12.4. The quantitative estimate of drug-likeness (QED) is 0.786. The van der Waals surface area contributed by atoms with E-state index in [2.05, 4.69) is 15.6 Å². The fourth-order valence-electron chi connectivity index (χ4n) is 2.81. The van der Waals surface area contributed by atoms with Gasteiger partial charge in [-0.2, -0.15) is 0 Å². The highest BCUT2D eigenvalue weighted by Crippen LogP contribution is 2.23. The van der Waals surface area contributed by atoms with Crippen LogP contribution in [0, 0.1) is 11.3 Å². The third kappa shape index (κ3) is 5.27. The highest BCUT2D eigenvalue weighted by atomic mass is 16.4. The largest absolute Gasteiger partial charge is 0.480 e. The van der Waals surface area contributed by atoms with Crippen molar-refractivity contribution in [1.29, 1.82) is 0 Å². The van der Waals surface area contributed by atoms with Crippen molar-refractivity contribution < 1.29 is 19.5 Å². The highest BCUT2D eigenvalue weighted by Gasteiger charge is 2.33. The van der Waals surface area contributed by atoms with Gasteiger partial charge in [-0.25, -0.2) is 4.68 Å². The van der Waals surface area contributed by atoms with Crippen LogP contribution in [-0.2, 0) is 27.5 Å². The molecule has 1 fully saturated rings. The number of piperidine rings is 1. The van der Waals surface area contributed by atoms with Crippen molar-refractivity contribution in [1.82, 2.24) is 25.2 Å². The SMILES string of the molecule is CC(C)(C)C(=O)N1CCCC(C(=O)NCc2cn(CC(=O)O)nn2)C1. The molecule has 1 aromatic rings. The summed E-state index contributed by atoms with van der Waals surface area (Å²) >= 11 is 0. The Bertz CT molecular complexity index is 649. The first kappa shape index (κ1) is 18.9. The molecular formula is C16H25N5O4. The summed E-state index contributed by atoms with van der Waals surface area (Å²) < 4.78 is 1.20. The lowest BCUT2D eigenvalue weighted by Gasteiger charge is -2.35. The third-order valence-corrected chi connectivity index (χ3v) is 4.05. The Kier molecular flexibility index (Phi) is 5.76. The van der Waals surface area contributed by atoms with Gasteiger partial charge in [-0.05, 0) is 12.8 Å². The average molecular weight is 351 g/mol. The minimum absolute atomic E-state index is 0.0570. The molecule has 0 aliphatic carbocycles. The number of hydrogen-bond acceptors (Lipinski definition) is 5. The topological polar surface area (TPSA) is 117 Å². The predicted octanol–water partition coefficient (Wildman–Crippen LogP) is 0.264. The molecule has 25 heavy (non-hydrogen) atoms. The summed E-state index contributed by atoms with van der Waals surface area (Å²) in [7, 11) is 0.